The molecule has 2 heterocycles. The molecule has 0 saturated carbocycles. The summed E-state index contributed by atoms with van der Waals surface area (Å²) in [6, 6.07) is 70.0. The standard InChI is InChI=1S/C54H33NO3/c1-2-16-35(17-3-1)55(36-18-12-15-34(33-36)37-26-13-29-48-51(37)45-25-10-11-28-47(45)56-48)46-27-14-30-49-53(46)57-50-32-31-44-42-23-7-6-21-40(42)38-19-4-5-20-39(38)41-22-8-9-24-43(41)52(44)54(50)58-49/h1-33H. The van der Waals surface area contributed by atoms with Gasteiger partial charge >= 0.3 is 0 Å². The SMILES string of the molecule is c1ccc(N(c2cccc(-c3cccc4oc5ccccc5c34)c2)c2cccc3oc4c(ccc5c6ccccc6c6ccccc6c6ccccc6c54)oc23)cc1. The van der Waals surface area contributed by atoms with Crippen LogP contribution in [-0.2, 0) is 0 Å². The van der Waals surface area contributed by atoms with Gasteiger partial charge in [0.25, 0.3) is 0 Å². The Labute approximate surface area is 332 Å². The third-order valence-corrected chi connectivity index (χ3v) is 11.5. The number of para-hydroxylation sites is 3. The highest BCUT2D eigenvalue weighted by Crippen LogP contribution is 2.45. The third kappa shape index (κ3) is 4.95. The molecule has 0 bridgehead atoms. The minimum Gasteiger partial charge on any atom is -0.456 e. The first-order valence-electron chi connectivity index (χ1n) is 19.6. The molecule has 12 aromatic rings. The molecule has 0 saturated heterocycles. The Hall–Kier alpha value is -7.82. The van der Waals surface area contributed by atoms with Gasteiger partial charge in [-0.1, -0.05) is 140 Å². The van der Waals surface area contributed by atoms with Crippen molar-refractivity contribution in [2.75, 3.05) is 4.90 Å². The van der Waals surface area contributed by atoms with E-state index in [1.54, 1.807) is 0 Å². The summed E-state index contributed by atoms with van der Waals surface area (Å²) in [5, 5.41) is 11.3. The van der Waals surface area contributed by atoms with Crippen LogP contribution in [0, 0.1) is 0 Å². The van der Waals surface area contributed by atoms with E-state index in [2.05, 4.69) is 169 Å². The average Bonchev–Trinajstić information content (AvgIpc) is 3.67. The molecule has 58 heavy (non-hydrogen) atoms. The van der Waals surface area contributed by atoms with Gasteiger partial charge in [-0.05, 0) is 109 Å². The number of hydrogen-bond donors (Lipinski definition) is 0. The van der Waals surface area contributed by atoms with E-state index < -0.39 is 0 Å². The van der Waals surface area contributed by atoms with Gasteiger partial charge in [-0.15, -0.1) is 0 Å². The van der Waals surface area contributed by atoms with Gasteiger partial charge in [0.05, 0.1) is 5.69 Å². The van der Waals surface area contributed by atoms with E-state index in [-0.39, 0.29) is 0 Å². The molecule has 10 aromatic carbocycles. The van der Waals surface area contributed by atoms with E-state index in [0.29, 0.717) is 22.3 Å². The fraction of sp³-hybridized carbons (Fsp3) is 0. The van der Waals surface area contributed by atoms with Gasteiger partial charge in [-0.25, -0.2) is 0 Å². The van der Waals surface area contributed by atoms with Gasteiger partial charge in [0, 0.05) is 27.5 Å². The summed E-state index contributed by atoms with van der Waals surface area (Å²) in [5.74, 6) is 0. The highest BCUT2D eigenvalue weighted by molar-refractivity contribution is 6.29. The number of anilines is 3. The van der Waals surface area contributed by atoms with Crippen molar-refractivity contribution in [3.8, 4) is 11.1 Å². The lowest BCUT2D eigenvalue weighted by Gasteiger charge is -2.26. The Morgan fingerprint density at radius 3 is 1.55 bits per heavy atom. The van der Waals surface area contributed by atoms with Crippen molar-refractivity contribution in [3.05, 3.63) is 200 Å². The van der Waals surface area contributed by atoms with Crippen molar-refractivity contribution in [1.29, 1.82) is 0 Å². The minimum atomic E-state index is 0.650. The number of hydrogen-bond acceptors (Lipinski definition) is 4. The van der Waals surface area contributed by atoms with Crippen LogP contribution in [0.2, 0.25) is 0 Å². The molecule has 0 aliphatic rings. The van der Waals surface area contributed by atoms with E-state index in [0.717, 1.165) is 77.1 Å². The zero-order chi connectivity index (χ0) is 38.2. The van der Waals surface area contributed by atoms with Gasteiger partial charge in [0.15, 0.2) is 22.3 Å². The fourth-order valence-corrected chi connectivity index (χ4v) is 8.99. The fourth-order valence-electron chi connectivity index (χ4n) is 8.99. The lowest BCUT2D eigenvalue weighted by Crippen LogP contribution is -2.10. The Morgan fingerprint density at radius 1 is 0.293 bits per heavy atom. The number of benzene rings is 9. The Bertz CT molecular complexity index is 3590. The molecule has 4 nitrogen and oxygen atoms in total. The van der Waals surface area contributed by atoms with E-state index in [9.17, 15) is 0 Å². The molecule has 4 heteroatoms. The highest BCUT2D eigenvalue weighted by atomic mass is 16.4. The summed E-state index contributed by atoms with van der Waals surface area (Å²) in [4.78, 5) is 2.25. The van der Waals surface area contributed by atoms with Crippen LogP contribution in [0.5, 0.6) is 0 Å². The van der Waals surface area contributed by atoms with Crippen LogP contribution in [0.15, 0.2) is 213 Å². The number of furan rings is 1. The van der Waals surface area contributed by atoms with E-state index >= 15 is 0 Å². The van der Waals surface area contributed by atoms with Gasteiger partial charge in [-0.2, -0.15) is 0 Å². The van der Waals surface area contributed by atoms with Crippen molar-refractivity contribution in [2.24, 2.45) is 0 Å². The van der Waals surface area contributed by atoms with Crippen LogP contribution >= 0.6 is 0 Å². The molecule has 0 fully saturated rings. The van der Waals surface area contributed by atoms with E-state index in [4.69, 9.17) is 13.3 Å². The molecule has 0 radical (unpaired) electrons. The molecule has 0 aliphatic carbocycles. The van der Waals surface area contributed by atoms with Gasteiger partial charge in [0.1, 0.15) is 11.2 Å². The van der Waals surface area contributed by atoms with Crippen LogP contribution in [0.25, 0.3) is 98.5 Å². The quantitative estimate of drug-likeness (QED) is 0.168. The van der Waals surface area contributed by atoms with Crippen molar-refractivity contribution in [2.45, 2.75) is 0 Å². The van der Waals surface area contributed by atoms with Crippen molar-refractivity contribution >= 4 is 104 Å². The predicted molar refractivity (Wildman–Crippen MR) is 241 cm³/mol. The second-order valence-corrected chi connectivity index (χ2v) is 14.8. The summed E-state index contributed by atoms with van der Waals surface area (Å²) >= 11 is 0. The van der Waals surface area contributed by atoms with Crippen LogP contribution in [0.4, 0.5) is 17.1 Å². The summed E-state index contributed by atoms with van der Waals surface area (Å²) < 4.78 is 20.5. The summed E-state index contributed by atoms with van der Waals surface area (Å²) in [6.07, 6.45) is 0. The maximum atomic E-state index is 7.11. The zero-order valence-electron chi connectivity index (χ0n) is 31.2. The maximum Gasteiger partial charge on any atom is 0.194 e. The number of rotatable bonds is 4. The molecular formula is C54H33NO3. The molecule has 0 spiro atoms. The van der Waals surface area contributed by atoms with Gasteiger partial charge < -0.3 is 18.2 Å². The van der Waals surface area contributed by atoms with Gasteiger partial charge in [0.2, 0.25) is 0 Å². The monoisotopic (exact) mass is 743 g/mol. The maximum absolute atomic E-state index is 7.11. The Balaban J connectivity index is 1.12. The average molecular weight is 744 g/mol. The Kier molecular flexibility index (Phi) is 7.20. The molecule has 2 aromatic heterocycles. The first-order chi connectivity index (χ1) is 28.8. The molecule has 272 valence electrons. The topological polar surface area (TPSA) is 42.7 Å². The van der Waals surface area contributed by atoms with Crippen LogP contribution < -0.4 is 4.90 Å². The first-order valence-corrected chi connectivity index (χ1v) is 19.6. The molecular weight excluding hydrogens is 711 g/mol. The smallest absolute Gasteiger partial charge is 0.194 e. The molecule has 0 N–H and O–H groups in total. The largest absolute Gasteiger partial charge is 0.456 e. The van der Waals surface area contributed by atoms with Crippen molar-refractivity contribution < 1.29 is 13.3 Å². The molecule has 0 atom stereocenters. The molecule has 12 rings (SSSR count). The predicted octanol–water partition coefficient (Wildman–Crippen LogP) is 16.0. The van der Waals surface area contributed by atoms with E-state index in [1.165, 1.54) is 16.2 Å². The van der Waals surface area contributed by atoms with Gasteiger partial charge in [-0.3, -0.25) is 0 Å². The second kappa shape index (κ2) is 12.9. The van der Waals surface area contributed by atoms with Crippen LogP contribution in [-0.4, -0.2) is 0 Å². The Morgan fingerprint density at radius 2 is 0.810 bits per heavy atom. The lowest BCUT2D eigenvalue weighted by molar-refractivity contribution is 0.585. The molecule has 0 aliphatic heterocycles. The molecule has 0 amide bonds. The normalized spacial score (nSPS) is 11.8. The van der Waals surface area contributed by atoms with Crippen LogP contribution in [0.1, 0.15) is 0 Å². The second-order valence-electron chi connectivity index (χ2n) is 14.8. The van der Waals surface area contributed by atoms with E-state index in [1.807, 2.05) is 36.4 Å². The number of fused-ring (bicyclic) bond motifs is 14. The van der Waals surface area contributed by atoms with Crippen LogP contribution in [0.3, 0.4) is 0 Å². The van der Waals surface area contributed by atoms with Crippen molar-refractivity contribution in [3.63, 3.8) is 0 Å². The lowest BCUT2D eigenvalue weighted by atomic mass is 9.94. The molecule has 0 unspecified atom stereocenters. The zero-order valence-corrected chi connectivity index (χ0v) is 31.2. The summed E-state index contributed by atoms with van der Waals surface area (Å²) in [6.45, 7) is 0. The third-order valence-electron chi connectivity index (χ3n) is 11.5. The summed E-state index contributed by atoms with van der Waals surface area (Å²) in [5.41, 5.74) is 9.47. The highest BCUT2D eigenvalue weighted by Gasteiger charge is 2.21. The summed E-state index contributed by atoms with van der Waals surface area (Å²) in [7, 11) is 0. The number of nitrogens with zero attached hydrogens (tertiary/aromatic N) is 1. The van der Waals surface area contributed by atoms with Crippen molar-refractivity contribution in [1.82, 2.24) is 0 Å². The minimum absolute atomic E-state index is 0.650. The first kappa shape index (κ1) is 32.4.